The van der Waals surface area contributed by atoms with Gasteiger partial charge < -0.3 is 9.84 Å². The number of halogens is 1. The molecule has 2 rings (SSSR count). The molecule has 2 atom stereocenters. The fourth-order valence-corrected chi connectivity index (χ4v) is 1.34. The van der Waals surface area contributed by atoms with E-state index < -0.39 is 6.17 Å². The molecular weight excluding hydrogens is 161 g/mol. The van der Waals surface area contributed by atoms with Crippen LogP contribution in [0.15, 0.2) is 4.52 Å². The van der Waals surface area contributed by atoms with Crippen LogP contribution < -0.4 is 5.32 Å². The van der Waals surface area contributed by atoms with Crippen LogP contribution in [-0.2, 0) is 0 Å². The summed E-state index contributed by atoms with van der Waals surface area (Å²) in [6.45, 7) is 2.13. The molecule has 0 radical (unpaired) electrons. The Kier molecular flexibility index (Phi) is 1.80. The Labute approximate surface area is 69.2 Å². The van der Waals surface area contributed by atoms with Crippen molar-refractivity contribution < 1.29 is 8.91 Å². The maximum atomic E-state index is 12.7. The molecule has 5 heteroatoms. The first-order chi connectivity index (χ1) is 5.75. The Bertz CT molecular complexity index is 275. The number of aromatic nitrogens is 2. The van der Waals surface area contributed by atoms with Gasteiger partial charge in [-0.15, -0.1) is 0 Å². The molecule has 2 heterocycles. The molecule has 0 amide bonds. The van der Waals surface area contributed by atoms with Crippen molar-refractivity contribution >= 4 is 0 Å². The average Bonchev–Trinajstić information content (AvgIpc) is 2.58. The fraction of sp³-hybridized carbons (Fsp3) is 0.714. The van der Waals surface area contributed by atoms with Crippen LogP contribution >= 0.6 is 0 Å². The van der Waals surface area contributed by atoms with Crippen molar-refractivity contribution in [2.45, 2.75) is 25.6 Å². The summed E-state index contributed by atoms with van der Waals surface area (Å²) in [5.41, 5.74) is 0. The Balaban J connectivity index is 2.11. The minimum atomic E-state index is -0.790. The van der Waals surface area contributed by atoms with E-state index in [4.69, 9.17) is 4.52 Å². The number of rotatable bonds is 1. The summed E-state index contributed by atoms with van der Waals surface area (Å²) in [5.74, 6) is 1.08. The quantitative estimate of drug-likeness (QED) is 0.677. The highest BCUT2D eigenvalue weighted by atomic mass is 19.1. The van der Waals surface area contributed by atoms with E-state index in [1.54, 1.807) is 6.92 Å². The van der Waals surface area contributed by atoms with Gasteiger partial charge >= 0.3 is 0 Å². The second-order valence-corrected chi connectivity index (χ2v) is 2.97. The lowest BCUT2D eigenvalue weighted by Crippen LogP contribution is -2.14. The summed E-state index contributed by atoms with van der Waals surface area (Å²) in [6, 6.07) is -0.0961. The van der Waals surface area contributed by atoms with Crippen molar-refractivity contribution in [1.82, 2.24) is 15.5 Å². The lowest BCUT2D eigenvalue weighted by Gasteiger charge is -2.00. The van der Waals surface area contributed by atoms with Gasteiger partial charge in [-0.05, 0) is 6.92 Å². The molecule has 0 aromatic carbocycles. The smallest absolute Gasteiger partial charge is 0.243 e. The van der Waals surface area contributed by atoms with Crippen LogP contribution in [0.4, 0.5) is 4.39 Å². The maximum Gasteiger partial charge on any atom is 0.243 e. The Hall–Kier alpha value is -0.970. The molecule has 1 aliphatic rings. The van der Waals surface area contributed by atoms with Crippen LogP contribution in [0.25, 0.3) is 0 Å². The first kappa shape index (κ1) is 7.67. The molecule has 12 heavy (non-hydrogen) atoms. The molecule has 0 spiro atoms. The summed E-state index contributed by atoms with van der Waals surface area (Å²) in [5, 5.41) is 6.60. The summed E-state index contributed by atoms with van der Waals surface area (Å²) in [4.78, 5) is 4.02. The zero-order chi connectivity index (χ0) is 8.55. The van der Waals surface area contributed by atoms with Crippen molar-refractivity contribution in [3.63, 3.8) is 0 Å². The van der Waals surface area contributed by atoms with E-state index in [2.05, 4.69) is 15.5 Å². The first-order valence-electron chi connectivity index (χ1n) is 3.93. The van der Waals surface area contributed by atoms with E-state index in [1.165, 1.54) is 0 Å². The van der Waals surface area contributed by atoms with Crippen LogP contribution in [0.5, 0.6) is 0 Å². The maximum absolute atomic E-state index is 12.7. The van der Waals surface area contributed by atoms with E-state index >= 15 is 0 Å². The van der Waals surface area contributed by atoms with E-state index in [0.717, 1.165) is 0 Å². The minimum absolute atomic E-state index is 0.0961. The third kappa shape index (κ3) is 1.32. The molecule has 1 saturated heterocycles. The molecule has 66 valence electrons. The van der Waals surface area contributed by atoms with Crippen molar-refractivity contribution in [1.29, 1.82) is 0 Å². The van der Waals surface area contributed by atoms with Crippen LogP contribution in [0.2, 0.25) is 0 Å². The van der Waals surface area contributed by atoms with E-state index in [9.17, 15) is 4.39 Å². The van der Waals surface area contributed by atoms with Crippen molar-refractivity contribution in [2.24, 2.45) is 0 Å². The number of hydrogen-bond acceptors (Lipinski definition) is 4. The Morgan fingerprint density at radius 1 is 1.67 bits per heavy atom. The normalized spacial score (nSPS) is 29.5. The highest BCUT2D eigenvalue weighted by Gasteiger charge is 2.28. The first-order valence-corrected chi connectivity index (χ1v) is 3.93. The van der Waals surface area contributed by atoms with Crippen LogP contribution in [0, 0.1) is 6.92 Å². The van der Waals surface area contributed by atoms with Gasteiger partial charge in [0.05, 0.1) is 6.04 Å². The minimum Gasteiger partial charge on any atom is -0.338 e. The largest absolute Gasteiger partial charge is 0.338 e. The van der Waals surface area contributed by atoms with Crippen molar-refractivity contribution in [3.8, 4) is 0 Å². The lowest BCUT2D eigenvalue weighted by molar-refractivity contribution is 0.323. The molecule has 0 aliphatic carbocycles. The number of nitrogens with zero attached hydrogens (tertiary/aromatic N) is 2. The van der Waals surface area contributed by atoms with Gasteiger partial charge in [0, 0.05) is 13.0 Å². The molecule has 0 unspecified atom stereocenters. The molecule has 1 N–H and O–H groups in total. The lowest BCUT2D eigenvalue weighted by atomic mass is 10.2. The van der Waals surface area contributed by atoms with Crippen LogP contribution in [0.1, 0.15) is 24.2 Å². The van der Waals surface area contributed by atoms with Gasteiger partial charge in [-0.25, -0.2) is 4.39 Å². The average molecular weight is 171 g/mol. The summed E-state index contributed by atoms with van der Waals surface area (Å²) in [7, 11) is 0. The fourth-order valence-electron chi connectivity index (χ4n) is 1.34. The number of alkyl halides is 1. The van der Waals surface area contributed by atoms with E-state index in [-0.39, 0.29) is 6.04 Å². The number of hydrogen-bond donors (Lipinski definition) is 1. The molecule has 1 aromatic rings. The summed E-state index contributed by atoms with van der Waals surface area (Å²) < 4.78 is 17.6. The predicted molar refractivity (Wildman–Crippen MR) is 39.3 cm³/mol. The molecule has 1 aliphatic heterocycles. The van der Waals surface area contributed by atoms with Crippen LogP contribution in [0.3, 0.4) is 0 Å². The number of nitrogens with one attached hydrogen (secondary N) is 1. The van der Waals surface area contributed by atoms with Gasteiger partial charge in [0.15, 0.2) is 5.82 Å². The van der Waals surface area contributed by atoms with E-state index in [0.29, 0.717) is 24.7 Å². The van der Waals surface area contributed by atoms with Gasteiger partial charge in [-0.3, -0.25) is 0 Å². The van der Waals surface area contributed by atoms with Gasteiger partial charge in [0.2, 0.25) is 5.89 Å². The van der Waals surface area contributed by atoms with Gasteiger partial charge in [-0.1, -0.05) is 5.16 Å². The monoisotopic (exact) mass is 171 g/mol. The van der Waals surface area contributed by atoms with Crippen LogP contribution in [-0.4, -0.2) is 22.9 Å². The molecule has 1 aromatic heterocycles. The third-order valence-electron chi connectivity index (χ3n) is 1.92. The second-order valence-electron chi connectivity index (χ2n) is 2.97. The molecule has 1 fully saturated rings. The van der Waals surface area contributed by atoms with Crippen molar-refractivity contribution in [2.75, 3.05) is 6.54 Å². The second kappa shape index (κ2) is 2.82. The standard InChI is InChI=1S/C7H10FN3O/c1-4-10-7(12-11-4)6-2-5(8)3-9-6/h5-6,9H,2-3H2,1H3/t5-,6-/m0/s1. The zero-order valence-corrected chi connectivity index (χ0v) is 6.75. The zero-order valence-electron chi connectivity index (χ0n) is 6.75. The molecule has 0 bridgehead atoms. The predicted octanol–water partition coefficient (Wildman–Crippen LogP) is 0.751. The highest BCUT2D eigenvalue weighted by Crippen LogP contribution is 2.23. The Morgan fingerprint density at radius 3 is 3.00 bits per heavy atom. The topological polar surface area (TPSA) is 51.0 Å². The highest BCUT2D eigenvalue weighted by molar-refractivity contribution is 4.96. The van der Waals surface area contributed by atoms with Gasteiger partial charge in [0.1, 0.15) is 6.17 Å². The van der Waals surface area contributed by atoms with Gasteiger partial charge in [0.25, 0.3) is 0 Å². The summed E-state index contributed by atoms with van der Waals surface area (Å²) in [6.07, 6.45) is -0.357. The van der Waals surface area contributed by atoms with Crippen molar-refractivity contribution in [3.05, 3.63) is 11.7 Å². The SMILES string of the molecule is Cc1noc([C@@H]2C[C@H](F)CN2)n1. The van der Waals surface area contributed by atoms with Gasteiger partial charge in [-0.2, -0.15) is 4.98 Å². The molecule has 0 saturated carbocycles. The third-order valence-corrected chi connectivity index (χ3v) is 1.92. The molecular formula is C7H10FN3O. The summed E-state index contributed by atoms with van der Waals surface area (Å²) >= 11 is 0. The number of aryl methyl sites for hydroxylation is 1. The van der Waals surface area contributed by atoms with E-state index in [1.807, 2.05) is 0 Å². The Morgan fingerprint density at radius 2 is 2.50 bits per heavy atom. The molecule has 4 nitrogen and oxygen atoms in total.